The Hall–Kier alpha value is -2.25. The maximum Gasteiger partial charge on any atom is 0.239 e. The first kappa shape index (κ1) is 17.6. The van der Waals surface area contributed by atoms with Crippen molar-refractivity contribution in [2.75, 3.05) is 25.0 Å². The number of rotatable bonds is 6. The van der Waals surface area contributed by atoms with Gasteiger partial charge in [-0.15, -0.1) is 0 Å². The van der Waals surface area contributed by atoms with Gasteiger partial charge in [0.15, 0.2) is 5.82 Å². The highest BCUT2D eigenvalue weighted by atomic mass is 16.5. The molecule has 0 saturated carbocycles. The molecule has 2 N–H and O–H groups in total. The quantitative estimate of drug-likeness (QED) is 0.834. The van der Waals surface area contributed by atoms with Gasteiger partial charge in [-0.1, -0.05) is 11.2 Å². The standard InChI is InChI=1S/C18H25N5O2/c1-14-11-17(22-25-14)21-18(24)13-23(12-15-5-2-3-9-20-15)16-6-4-8-19-10-7-16/h2-3,5,9,11,16,19H,4,6-8,10,12-13H2,1H3,(H,21,22,24)/t16-/m1/s1. The van der Waals surface area contributed by atoms with E-state index in [0.717, 1.165) is 38.0 Å². The SMILES string of the molecule is Cc1cc(NC(=O)CN(Cc2ccccn2)[C@@H]2CCCNCC2)no1. The van der Waals surface area contributed by atoms with Crippen molar-refractivity contribution in [2.24, 2.45) is 0 Å². The average molecular weight is 343 g/mol. The molecule has 134 valence electrons. The topological polar surface area (TPSA) is 83.3 Å². The summed E-state index contributed by atoms with van der Waals surface area (Å²) in [6.45, 7) is 4.80. The molecule has 1 amide bonds. The zero-order valence-corrected chi connectivity index (χ0v) is 14.6. The number of nitrogens with zero attached hydrogens (tertiary/aromatic N) is 3. The van der Waals surface area contributed by atoms with Gasteiger partial charge in [0.25, 0.3) is 0 Å². The summed E-state index contributed by atoms with van der Waals surface area (Å²) >= 11 is 0. The van der Waals surface area contributed by atoms with Gasteiger partial charge in [-0.25, -0.2) is 0 Å². The summed E-state index contributed by atoms with van der Waals surface area (Å²) in [6.07, 6.45) is 5.02. The monoisotopic (exact) mass is 343 g/mol. The second kappa shape index (κ2) is 8.73. The molecule has 3 rings (SSSR count). The fraction of sp³-hybridized carbons (Fsp3) is 0.500. The van der Waals surface area contributed by atoms with E-state index in [1.807, 2.05) is 18.2 Å². The number of carbonyl (C=O) groups excluding carboxylic acids is 1. The van der Waals surface area contributed by atoms with Crippen LogP contribution in [-0.4, -0.2) is 46.6 Å². The van der Waals surface area contributed by atoms with Gasteiger partial charge in [-0.2, -0.15) is 0 Å². The first-order valence-electron chi connectivity index (χ1n) is 8.78. The van der Waals surface area contributed by atoms with Crippen molar-refractivity contribution in [1.29, 1.82) is 0 Å². The Balaban J connectivity index is 1.67. The number of carbonyl (C=O) groups is 1. The lowest BCUT2D eigenvalue weighted by atomic mass is 10.1. The van der Waals surface area contributed by atoms with Crippen LogP contribution in [0.4, 0.5) is 5.82 Å². The van der Waals surface area contributed by atoms with E-state index in [1.165, 1.54) is 0 Å². The van der Waals surface area contributed by atoms with Gasteiger partial charge in [0, 0.05) is 24.8 Å². The summed E-state index contributed by atoms with van der Waals surface area (Å²) in [6, 6.07) is 7.97. The van der Waals surface area contributed by atoms with Crippen molar-refractivity contribution in [1.82, 2.24) is 20.4 Å². The molecule has 0 radical (unpaired) electrons. The number of aromatic nitrogens is 2. The first-order valence-corrected chi connectivity index (χ1v) is 8.78. The Labute approximate surface area is 147 Å². The number of anilines is 1. The van der Waals surface area contributed by atoms with Gasteiger partial charge >= 0.3 is 0 Å². The molecule has 0 aromatic carbocycles. The lowest BCUT2D eigenvalue weighted by Gasteiger charge is -2.30. The molecule has 0 bridgehead atoms. The molecule has 1 saturated heterocycles. The van der Waals surface area contributed by atoms with Crippen LogP contribution in [0.1, 0.15) is 30.7 Å². The van der Waals surface area contributed by atoms with Crippen LogP contribution < -0.4 is 10.6 Å². The molecule has 3 heterocycles. The highest BCUT2D eigenvalue weighted by Gasteiger charge is 2.23. The lowest BCUT2D eigenvalue weighted by molar-refractivity contribution is -0.118. The Bertz CT molecular complexity index is 665. The van der Waals surface area contributed by atoms with E-state index < -0.39 is 0 Å². The van der Waals surface area contributed by atoms with E-state index in [9.17, 15) is 4.79 Å². The fourth-order valence-corrected chi connectivity index (χ4v) is 3.17. The Morgan fingerprint density at radius 2 is 2.32 bits per heavy atom. The summed E-state index contributed by atoms with van der Waals surface area (Å²) in [5, 5.41) is 10.1. The minimum atomic E-state index is -0.0820. The summed E-state index contributed by atoms with van der Waals surface area (Å²) in [4.78, 5) is 19.1. The van der Waals surface area contributed by atoms with E-state index in [0.29, 0.717) is 30.7 Å². The predicted molar refractivity (Wildman–Crippen MR) is 95.0 cm³/mol. The van der Waals surface area contributed by atoms with Crippen LogP contribution in [-0.2, 0) is 11.3 Å². The minimum Gasteiger partial charge on any atom is -0.360 e. The van der Waals surface area contributed by atoms with Gasteiger partial charge in [0.1, 0.15) is 5.76 Å². The summed E-state index contributed by atoms with van der Waals surface area (Å²) in [5.41, 5.74) is 0.977. The van der Waals surface area contributed by atoms with Gasteiger partial charge in [-0.05, 0) is 51.4 Å². The normalized spacial score (nSPS) is 18.1. The molecule has 0 aliphatic carbocycles. The number of nitrogens with one attached hydrogen (secondary N) is 2. The van der Waals surface area contributed by atoms with E-state index in [2.05, 4.69) is 25.7 Å². The number of hydrogen-bond acceptors (Lipinski definition) is 6. The van der Waals surface area contributed by atoms with Crippen LogP contribution in [0, 0.1) is 6.92 Å². The van der Waals surface area contributed by atoms with Crippen LogP contribution in [0.25, 0.3) is 0 Å². The van der Waals surface area contributed by atoms with Gasteiger partial charge < -0.3 is 15.2 Å². The van der Waals surface area contributed by atoms with Gasteiger partial charge in [0.05, 0.1) is 12.2 Å². The molecular formula is C18H25N5O2. The number of hydrogen-bond donors (Lipinski definition) is 2. The molecule has 0 unspecified atom stereocenters. The molecule has 1 fully saturated rings. The summed E-state index contributed by atoms with van der Waals surface area (Å²) in [7, 11) is 0. The highest BCUT2D eigenvalue weighted by Crippen LogP contribution is 2.16. The molecule has 1 aliphatic heterocycles. The van der Waals surface area contributed by atoms with Crippen molar-refractivity contribution in [2.45, 2.75) is 38.8 Å². The van der Waals surface area contributed by atoms with Crippen LogP contribution in [0.2, 0.25) is 0 Å². The predicted octanol–water partition coefficient (Wildman–Crippen LogP) is 1.96. The maximum atomic E-state index is 12.5. The van der Waals surface area contributed by atoms with E-state index in [4.69, 9.17) is 4.52 Å². The summed E-state index contributed by atoms with van der Waals surface area (Å²) in [5.74, 6) is 1.06. The maximum absolute atomic E-state index is 12.5. The van der Waals surface area contributed by atoms with Gasteiger partial charge in [-0.3, -0.25) is 14.7 Å². The first-order chi connectivity index (χ1) is 12.2. The van der Waals surface area contributed by atoms with Crippen LogP contribution in [0.5, 0.6) is 0 Å². The smallest absolute Gasteiger partial charge is 0.239 e. The third kappa shape index (κ3) is 5.37. The number of pyridine rings is 1. The molecule has 1 atom stereocenters. The van der Waals surface area contributed by atoms with Crippen molar-refractivity contribution in [3.8, 4) is 0 Å². The Morgan fingerprint density at radius 1 is 1.40 bits per heavy atom. The van der Waals surface area contributed by atoms with Crippen molar-refractivity contribution >= 4 is 11.7 Å². The zero-order valence-electron chi connectivity index (χ0n) is 14.6. The van der Waals surface area contributed by atoms with Crippen LogP contribution >= 0.6 is 0 Å². The number of aryl methyl sites for hydroxylation is 1. The molecule has 7 nitrogen and oxygen atoms in total. The fourth-order valence-electron chi connectivity index (χ4n) is 3.17. The molecule has 25 heavy (non-hydrogen) atoms. The van der Waals surface area contributed by atoms with Crippen molar-refractivity contribution < 1.29 is 9.32 Å². The van der Waals surface area contributed by atoms with Gasteiger partial charge in [0.2, 0.25) is 5.91 Å². The minimum absolute atomic E-state index is 0.0820. The molecule has 0 spiro atoms. The van der Waals surface area contributed by atoms with Crippen molar-refractivity contribution in [3.05, 3.63) is 41.9 Å². The third-order valence-corrected chi connectivity index (χ3v) is 4.40. The highest BCUT2D eigenvalue weighted by molar-refractivity contribution is 5.91. The second-order valence-corrected chi connectivity index (χ2v) is 6.43. The van der Waals surface area contributed by atoms with E-state index >= 15 is 0 Å². The Morgan fingerprint density at radius 3 is 3.08 bits per heavy atom. The molecule has 1 aliphatic rings. The molecule has 2 aromatic heterocycles. The largest absolute Gasteiger partial charge is 0.360 e. The Kier molecular flexibility index (Phi) is 6.14. The van der Waals surface area contributed by atoms with Crippen LogP contribution in [0.15, 0.2) is 35.0 Å². The number of amides is 1. The average Bonchev–Trinajstić information content (AvgIpc) is 2.86. The molecular weight excluding hydrogens is 318 g/mol. The zero-order chi connectivity index (χ0) is 17.5. The van der Waals surface area contributed by atoms with Crippen molar-refractivity contribution in [3.63, 3.8) is 0 Å². The molecule has 2 aromatic rings. The molecule has 7 heteroatoms. The second-order valence-electron chi connectivity index (χ2n) is 6.43. The third-order valence-electron chi connectivity index (χ3n) is 4.40. The van der Waals surface area contributed by atoms with E-state index in [-0.39, 0.29) is 5.91 Å². The summed E-state index contributed by atoms with van der Waals surface area (Å²) < 4.78 is 5.00. The van der Waals surface area contributed by atoms with E-state index in [1.54, 1.807) is 19.2 Å². The van der Waals surface area contributed by atoms with Crippen LogP contribution in [0.3, 0.4) is 0 Å². The lowest BCUT2D eigenvalue weighted by Crippen LogP contribution is -2.41.